The third kappa shape index (κ3) is 103. The SMILES string of the molecule is CC(=O)O.CC(=O)O.OC(Br)C=CC(O)Br. The van der Waals surface area contributed by atoms with E-state index in [-0.39, 0.29) is 0 Å². The number of aliphatic hydroxyl groups excluding tert-OH is 2. The van der Waals surface area contributed by atoms with Crippen LogP contribution in [0, 0.1) is 0 Å². The number of carbonyl (C=O) groups is 2. The van der Waals surface area contributed by atoms with E-state index in [1.165, 1.54) is 12.2 Å². The van der Waals surface area contributed by atoms with Gasteiger partial charge < -0.3 is 20.4 Å². The zero-order chi connectivity index (χ0) is 13.7. The van der Waals surface area contributed by atoms with Crippen LogP contribution in [-0.4, -0.2) is 42.4 Å². The Balaban J connectivity index is -0.000000179. The Morgan fingerprint density at radius 1 is 0.938 bits per heavy atom. The van der Waals surface area contributed by atoms with E-state index < -0.39 is 22.0 Å². The number of alkyl halides is 2. The Labute approximate surface area is 110 Å². The minimum Gasteiger partial charge on any atom is -0.481 e. The molecule has 0 fully saturated rings. The monoisotopic (exact) mass is 364 g/mol. The number of rotatable bonds is 2. The second-order valence-corrected chi connectivity index (χ2v) is 4.04. The Morgan fingerprint density at radius 2 is 1.06 bits per heavy atom. The first-order chi connectivity index (χ1) is 7.09. The summed E-state index contributed by atoms with van der Waals surface area (Å²) in [7, 11) is 0. The molecule has 2 atom stereocenters. The summed E-state index contributed by atoms with van der Waals surface area (Å²) in [6, 6.07) is 0. The van der Waals surface area contributed by atoms with Crippen molar-refractivity contribution in [2.75, 3.05) is 0 Å². The summed E-state index contributed by atoms with van der Waals surface area (Å²) in [5.41, 5.74) is 0. The van der Waals surface area contributed by atoms with Crippen molar-refractivity contribution in [1.82, 2.24) is 0 Å². The first-order valence-electron chi connectivity index (χ1n) is 3.81. The summed E-state index contributed by atoms with van der Waals surface area (Å²) in [6.07, 6.45) is 2.83. The lowest BCUT2D eigenvalue weighted by molar-refractivity contribution is -0.135. The Hall–Kier alpha value is -0.440. The maximum absolute atomic E-state index is 9.00. The minimum atomic E-state index is -0.833. The van der Waals surface area contributed by atoms with Gasteiger partial charge in [-0.3, -0.25) is 9.59 Å². The molecule has 0 amide bonds. The molecule has 0 aliphatic heterocycles. The summed E-state index contributed by atoms with van der Waals surface area (Å²) in [6.45, 7) is 2.17. The molecule has 0 radical (unpaired) electrons. The summed E-state index contributed by atoms with van der Waals surface area (Å²) in [5.74, 6) is -1.67. The number of hydrogen-bond donors (Lipinski definition) is 4. The van der Waals surface area contributed by atoms with Crippen LogP contribution in [-0.2, 0) is 9.59 Å². The minimum absolute atomic E-state index is 0.672. The Bertz CT molecular complexity index is 185. The highest BCUT2D eigenvalue weighted by Gasteiger charge is 1.90. The molecule has 0 bridgehead atoms. The summed E-state index contributed by atoms with van der Waals surface area (Å²) in [4.78, 5) is 18.0. The van der Waals surface area contributed by atoms with Gasteiger partial charge in [0.25, 0.3) is 11.9 Å². The fraction of sp³-hybridized carbons (Fsp3) is 0.500. The largest absolute Gasteiger partial charge is 0.481 e. The van der Waals surface area contributed by atoms with E-state index in [2.05, 4.69) is 31.9 Å². The van der Waals surface area contributed by atoms with Gasteiger partial charge in [-0.1, -0.05) is 31.9 Å². The molecule has 96 valence electrons. The molecule has 2 unspecified atom stereocenters. The lowest BCUT2D eigenvalue weighted by Gasteiger charge is -1.92. The van der Waals surface area contributed by atoms with Crippen molar-refractivity contribution in [3.63, 3.8) is 0 Å². The van der Waals surface area contributed by atoms with Crippen molar-refractivity contribution in [2.24, 2.45) is 0 Å². The molecule has 0 aromatic rings. The van der Waals surface area contributed by atoms with Crippen molar-refractivity contribution < 1.29 is 30.0 Å². The van der Waals surface area contributed by atoms with Gasteiger partial charge in [0.2, 0.25) is 0 Å². The highest BCUT2D eigenvalue weighted by molar-refractivity contribution is 9.09. The van der Waals surface area contributed by atoms with Crippen LogP contribution >= 0.6 is 31.9 Å². The molecule has 0 rings (SSSR count). The number of carboxylic acid groups (broad SMARTS) is 2. The van der Waals surface area contributed by atoms with E-state index in [9.17, 15) is 0 Å². The molecule has 6 nitrogen and oxygen atoms in total. The van der Waals surface area contributed by atoms with Gasteiger partial charge in [-0.2, -0.15) is 0 Å². The predicted molar refractivity (Wildman–Crippen MR) is 65.6 cm³/mol. The van der Waals surface area contributed by atoms with Gasteiger partial charge in [0.1, 0.15) is 10.0 Å². The van der Waals surface area contributed by atoms with Crippen LogP contribution < -0.4 is 0 Å². The lowest BCUT2D eigenvalue weighted by atomic mass is 10.5. The Morgan fingerprint density at radius 3 is 1.12 bits per heavy atom. The first kappa shape index (κ1) is 20.9. The number of halogens is 2. The topological polar surface area (TPSA) is 115 Å². The van der Waals surface area contributed by atoms with Crippen molar-refractivity contribution in [2.45, 2.75) is 23.9 Å². The molecular weight excluding hydrogens is 352 g/mol. The molecule has 16 heavy (non-hydrogen) atoms. The highest BCUT2D eigenvalue weighted by Crippen LogP contribution is 2.00. The average molecular weight is 366 g/mol. The van der Waals surface area contributed by atoms with E-state index in [4.69, 9.17) is 30.0 Å². The molecule has 0 aromatic heterocycles. The normalized spacial score (nSPS) is 12.6. The second-order valence-electron chi connectivity index (χ2n) is 2.17. The Kier molecular flexibility index (Phi) is 19.0. The third-order valence-corrected chi connectivity index (χ3v) is 1.04. The number of hydrogen-bond acceptors (Lipinski definition) is 4. The second kappa shape index (κ2) is 14.6. The van der Waals surface area contributed by atoms with Gasteiger partial charge >= 0.3 is 0 Å². The predicted octanol–water partition coefficient (Wildman–Crippen LogP) is 1.15. The van der Waals surface area contributed by atoms with Crippen molar-refractivity contribution in [3.8, 4) is 0 Å². The van der Waals surface area contributed by atoms with Gasteiger partial charge in [-0.15, -0.1) is 0 Å². The van der Waals surface area contributed by atoms with Crippen LogP contribution in [0.2, 0.25) is 0 Å². The molecule has 0 saturated heterocycles. The van der Waals surface area contributed by atoms with Crippen LogP contribution in [0.3, 0.4) is 0 Å². The molecule has 0 saturated carbocycles. The first-order valence-corrected chi connectivity index (χ1v) is 5.64. The van der Waals surface area contributed by atoms with Crippen molar-refractivity contribution in [1.29, 1.82) is 0 Å². The molecule has 0 aliphatic carbocycles. The highest BCUT2D eigenvalue weighted by atomic mass is 79.9. The molecule has 0 heterocycles. The molecule has 0 aromatic carbocycles. The van der Waals surface area contributed by atoms with Crippen LogP contribution in [0.5, 0.6) is 0 Å². The van der Waals surface area contributed by atoms with Crippen LogP contribution in [0.15, 0.2) is 12.2 Å². The number of aliphatic carboxylic acids is 2. The molecule has 4 N–H and O–H groups in total. The average Bonchev–Trinajstić information content (AvgIpc) is 1.98. The summed E-state index contributed by atoms with van der Waals surface area (Å²) < 4.78 is 0. The van der Waals surface area contributed by atoms with Gasteiger partial charge in [0.15, 0.2) is 0 Å². The van der Waals surface area contributed by atoms with Crippen molar-refractivity contribution in [3.05, 3.63) is 12.2 Å². The van der Waals surface area contributed by atoms with Gasteiger partial charge in [0, 0.05) is 13.8 Å². The van der Waals surface area contributed by atoms with Gasteiger partial charge in [-0.05, 0) is 12.2 Å². The smallest absolute Gasteiger partial charge is 0.300 e. The van der Waals surface area contributed by atoms with Crippen LogP contribution in [0.1, 0.15) is 13.8 Å². The summed E-state index contributed by atoms with van der Waals surface area (Å²) >= 11 is 5.68. The van der Waals surface area contributed by atoms with E-state index in [0.29, 0.717) is 0 Å². The van der Waals surface area contributed by atoms with Crippen molar-refractivity contribution >= 4 is 43.8 Å². The van der Waals surface area contributed by atoms with E-state index >= 15 is 0 Å². The van der Waals surface area contributed by atoms with Gasteiger partial charge in [0.05, 0.1) is 0 Å². The van der Waals surface area contributed by atoms with E-state index in [1.807, 2.05) is 0 Å². The fourth-order valence-corrected chi connectivity index (χ4v) is 0.536. The van der Waals surface area contributed by atoms with Crippen LogP contribution in [0.25, 0.3) is 0 Å². The lowest BCUT2D eigenvalue weighted by Crippen LogP contribution is -1.91. The maximum Gasteiger partial charge on any atom is 0.300 e. The number of carboxylic acids is 2. The van der Waals surface area contributed by atoms with Crippen LogP contribution in [0.4, 0.5) is 0 Å². The quantitative estimate of drug-likeness (QED) is 0.431. The molecule has 0 spiro atoms. The fourth-order valence-electron chi connectivity index (χ4n) is 0.183. The molecule has 8 heteroatoms. The van der Waals surface area contributed by atoms with E-state index in [0.717, 1.165) is 13.8 Å². The third-order valence-electron chi connectivity index (χ3n) is 0.429. The zero-order valence-electron chi connectivity index (χ0n) is 8.67. The van der Waals surface area contributed by atoms with E-state index in [1.54, 1.807) is 0 Å². The number of aliphatic hydroxyl groups is 2. The maximum atomic E-state index is 9.00. The summed E-state index contributed by atoms with van der Waals surface area (Å²) in [5, 5.41) is 30.5. The molecular formula is C8H14Br2O6. The standard InChI is InChI=1S/C4H6Br2O2.2C2H4O2/c5-3(7)1-2-4(6)8;2*1-2(3)4/h1-4,7-8H;2*1H3,(H,3,4). The zero-order valence-corrected chi connectivity index (χ0v) is 11.8. The van der Waals surface area contributed by atoms with Gasteiger partial charge in [-0.25, -0.2) is 0 Å². The molecule has 0 aliphatic rings.